The van der Waals surface area contributed by atoms with Crippen LogP contribution in [0.1, 0.15) is 0 Å². The molecule has 2 N–H and O–H groups in total. The number of benzene rings is 1. The molecule has 108 valence electrons. The van der Waals surface area contributed by atoms with E-state index < -0.39 is 4.92 Å². The van der Waals surface area contributed by atoms with Crippen LogP contribution in [-0.2, 0) is 4.79 Å². The first-order valence-corrected chi connectivity index (χ1v) is 6.62. The third-order valence-corrected chi connectivity index (χ3v) is 3.38. The Morgan fingerprint density at radius 3 is 2.75 bits per heavy atom. The first kappa shape index (κ1) is 14.5. The Balaban J connectivity index is 1.93. The summed E-state index contributed by atoms with van der Waals surface area (Å²) in [4.78, 5) is 23.8. The van der Waals surface area contributed by atoms with Gasteiger partial charge in [0.15, 0.2) is 0 Å². The van der Waals surface area contributed by atoms with Crippen molar-refractivity contribution in [1.29, 1.82) is 0 Å². The Morgan fingerprint density at radius 2 is 2.15 bits per heavy atom. The van der Waals surface area contributed by atoms with Crippen LogP contribution in [0.2, 0.25) is 5.02 Å². The first-order chi connectivity index (χ1) is 9.58. The SMILES string of the molecule is O=C(CNc1ccc([N+](=O)[O-])cc1Cl)N1CCNCC1. The lowest BCUT2D eigenvalue weighted by Gasteiger charge is -2.27. The molecular formula is C12H15ClN4O3. The second-order valence-electron chi connectivity index (χ2n) is 4.41. The van der Waals surface area contributed by atoms with Gasteiger partial charge >= 0.3 is 0 Å². The molecule has 0 saturated carbocycles. The number of hydrogen-bond donors (Lipinski definition) is 2. The summed E-state index contributed by atoms with van der Waals surface area (Å²) in [6.07, 6.45) is 0. The lowest BCUT2D eigenvalue weighted by atomic mass is 10.2. The van der Waals surface area contributed by atoms with Crippen molar-refractivity contribution in [3.05, 3.63) is 33.3 Å². The summed E-state index contributed by atoms with van der Waals surface area (Å²) in [5.74, 6) is -0.0130. The van der Waals surface area contributed by atoms with E-state index in [4.69, 9.17) is 11.6 Å². The number of amides is 1. The molecule has 0 aliphatic carbocycles. The molecule has 0 radical (unpaired) electrons. The molecule has 1 aromatic carbocycles. The summed E-state index contributed by atoms with van der Waals surface area (Å²) >= 11 is 5.94. The molecule has 1 aromatic rings. The number of non-ortho nitro benzene ring substituents is 1. The number of halogens is 1. The van der Waals surface area contributed by atoms with Gasteiger partial charge in [0.05, 0.1) is 22.2 Å². The number of rotatable bonds is 4. The zero-order chi connectivity index (χ0) is 14.5. The van der Waals surface area contributed by atoms with E-state index in [1.54, 1.807) is 4.90 Å². The van der Waals surface area contributed by atoms with Crippen LogP contribution in [0.3, 0.4) is 0 Å². The zero-order valence-corrected chi connectivity index (χ0v) is 11.5. The van der Waals surface area contributed by atoms with Crippen molar-refractivity contribution in [2.45, 2.75) is 0 Å². The molecule has 0 aromatic heterocycles. The molecule has 0 atom stereocenters. The average Bonchev–Trinajstić information content (AvgIpc) is 2.46. The third-order valence-electron chi connectivity index (χ3n) is 3.06. The van der Waals surface area contributed by atoms with Gasteiger partial charge in [0.25, 0.3) is 5.69 Å². The Kier molecular flexibility index (Phi) is 4.75. The molecule has 1 fully saturated rings. The average molecular weight is 299 g/mol. The monoisotopic (exact) mass is 298 g/mol. The van der Waals surface area contributed by atoms with Gasteiger partial charge in [0, 0.05) is 38.3 Å². The van der Waals surface area contributed by atoms with Crippen molar-refractivity contribution in [1.82, 2.24) is 10.2 Å². The molecule has 2 rings (SSSR count). The van der Waals surface area contributed by atoms with E-state index >= 15 is 0 Å². The van der Waals surface area contributed by atoms with Crippen LogP contribution < -0.4 is 10.6 Å². The van der Waals surface area contributed by atoms with Crippen molar-refractivity contribution < 1.29 is 9.72 Å². The number of nitro groups is 1. The number of carbonyl (C=O) groups is 1. The third kappa shape index (κ3) is 3.58. The number of carbonyl (C=O) groups excluding carboxylic acids is 1. The minimum absolute atomic E-state index is 0.0130. The predicted octanol–water partition coefficient (Wildman–Crippen LogP) is 1.09. The fraction of sp³-hybridized carbons (Fsp3) is 0.417. The van der Waals surface area contributed by atoms with E-state index in [2.05, 4.69) is 10.6 Å². The Labute approximate surface area is 121 Å². The molecule has 20 heavy (non-hydrogen) atoms. The summed E-state index contributed by atoms with van der Waals surface area (Å²) in [6.45, 7) is 3.09. The normalized spacial score (nSPS) is 14.9. The summed E-state index contributed by atoms with van der Waals surface area (Å²) < 4.78 is 0. The zero-order valence-electron chi connectivity index (χ0n) is 10.8. The van der Waals surface area contributed by atoms with Gasteiger partial charge in [-0.15, -0.1) is 0 Å². The molecule has 1 heterocycles. The molecule has 1 aliphatic heterocycles. The van der Waals surface area contributed by atoms with Crippen LogP contribution >= 0.6 is 11.6 Å². The van der Waals surface area contributed by atoms with Crippen molar-refractivity contribution in [3.8, 4) is 0 Å². The summed E-state index contributed by atoms with van der Waals surface area (Å²) in [6, 6.07) is 4.12. The number of hydrogen-bond acceptors (Lipinski definition) is 5. The number of nitrogens with one attached hydrogen (secondary N) is 2. The standard InChI is InChI=1S/C12H15ClN4O3/c13-10-7-9(17(19)20)1-2-11(10)15-8-12(18)16-5-3-14-4-6-16/h1-2,7,14-15H,3-6,8H2. The Morgan fingerprint density at radius 1 is 1.45 bits per heavy atom. The molecule has 0 bridgehead atoms. The summed E-state index contributed by atoms with van der Waals surface area (Å²) in [7, 11) is 0. The van der Waals surface area contributed by atoms with Crippen LogP contribution in [0.25, 0.3) is 0 Å². The Bertz CT molecular complexity index is 517. The maximum absolute atomic E-state index is 11.9. The number of nitro benzene ring substituents is 1. The molecule has 1 saturated heterocycles. The maximum atomic E-state index is 11.9. The quantitative estimate of drug-likeness (QED) is 0.642. The maximum Gasteiger partial charge on any atom is 0.271 e. The van der Waals surface area contributed by atoms with E-state index in [1.165, 1.54) is 18.2 Å². The fourth-order valence-corrected chi connectivity index (χ4v) is 2.20. The smallest absolute Gasteiger partial charge is 0.271 e. The van der Waals surface area contributed by atoms with Gasteiger partial charge in [-0.3, -0.25) is 14.9 Å². The van der Waals surface area contributed by atoms with Gasteiger partial charge in [0.1, 0.15) is 0 Å². The highest BCUT2D eigenvalue weighted by molar-refractivity contribution is 6.33. The highest BCUT2D eigenvalue weighted by Gasteiger charge is 2.16. The number of anilines is 1. The van der Waals surface area contributed by atoms with Crippen molar-refractivity contribution in [2.24, 2.45) is 0 Å². The van der Waals surface area contributed by atoms with E-state index in [1.807, 2.05) is 0 Å². The Hall–Kier alpha value is -1.86. The highest BCUT2D eigenvalue weighted by Crippen LogP contribution is 2.26. The van der Waals surface area contributed by atoms with E-state index in [9.17, 15) is 14.9 Å². The topological polar surface area (TPSA) is 87.5 Å². The lowest BCUT2D eigenvalue weighted by molar-refractivity contribution is -0.384. The lowest BCUT2D eigenvalue weighted by Crippen LogP contribution is -2.48. The second-order valence-corrected chi connectivity index (χ2v) is 4.81. The van der Waals surface area contributed by atoms with Crippen LogP contribution in [0, 0.1) is 10.1 Å². The van der Waals surface area contributed by atoms with E-state index in [0.717, 1.165) is 13.1 Å². The van der Waals surface area contributed by atoms with Gasteiger partial charge in [-0.2, -0.15) is 0 Å². The van der Waals surface area contributed by atoms with Crippen LogP contribution in [0.4, 0.5) is 11.4 Å². The van der Waals surface area contributed by atoms with Gasteiger partial charge in [-0.05, 0) is 6.07 Å². The van der Waals surface area contributed by atoms with E-state index in [-0.39, 0.29) is 23.2 Å². The number of nitrogens with zero attached hydrogens (tertiary/aromatic N) is 2. The second kappa shape index (κ2) is 6.53. The van der Waals surface area contributed by atoms with Crippen LogP contribution in [0.15, 0.2) is 18.2 Å². The van der Waals surface area contributed by atoms with Crippen molar-refractivity contribution in [3.63, 3.8) is 0 Å². The first-order valence-electron chi connectivity index (χ1n) is 6.24. The minimum atomic E-state index is -0.512. The summed E-state index contributed by atoms with van der Waals surface area (Å²) in [5, 5.41) is 16.9. The highest BCUT2D eigenvalue weighted by atomic mass is 35.5. The van der Waals surface area contributed by atoms with Crippen molar-refractivity contribution in [2.75, 3.05) is 38.0 Å². The molecular weight excluding hydrogens is 284 g/mol. The molecule has 1 aliphatic rings. The largest absolute Gasteiger partial charge is 0.375 e. The van der Waals surface area contributed by atoms with Crippen LogP contribution in [0.5, 0.6) is 0 Å². The molecule has 0 unspecified atom stereocenters. The molecule has 8 heteroatoms. The molecule has 7 nitrogen and oxygen atoms in total. The van der Waals surface area contributed by atoms with Gasteiger partial charge in [-0.1, -0.05) is 11.6 Å². The summed E-state index contributed by atoms with van der Waals surface area (Å²) in [5.41, 5.74) is 0.440. The minimum Gasteiger partial charge on any atom is -0.375 e. The molecule has 1 amide bonds. The number of piperazine rings is 1. The van der Waals surface area contributed by atoms with E-state index in [0.29, 0.717) is 18.8 Å². The fourth-order valence-electron chi connectivity index (χ4n) is 1.96. The predicted molar refractivity (Wildman–Crippen MR) is 76.0 cm³/mol. The van der Waals surface area contributed by atoms with Gasteiger partial charge < -0.3 is 15.5 Å². The van der Waals surface area contributed by atoms with Crippen molar-refractivity contribution >= 4 is 28.9 Å². The van der Waals surface area contributed by atoms with Crippen LogP contribution in [-0.4, -0.2) is 48.5 Å². The molecule has 0 spiro atoms. The van der Waals surface area contributed by atoms with Gasteiger partial charge in [-0.25, -0.2) is 0 Å². The van der Waals surface area contributed by atoms with Gasteiger partial charge in [0.2, 0.25) is 5.91 Å².